The third-order valence-corrected chi connectivity index (χ3v) is 6.09. The van der Waals surface area contributed by atoms with Crippen LogP contribution in [0.5, 0.6) is 0 Å². The molecule has 3 rings (SSSR count). The van der Waals surface area contributed by atoms with Crippen LogP contribution in [0, 0.1) is 5.92 Å². The molecule has 0 spiro atoms. The lowest BCUT2D eigenvalue weighted by Gasteiger charge is -2.56. The smallest absolute Gasteiger partial charge is 0.234 e. The number of carbonyl (C=O) groups is 2. The van der Waals surface area contributed by atoms with Gasteiger partial charge in [-0.3, -0.25) is 9.59 Å². The molecule has 1 aliphatic heterocycles. The zero-order valence-electron chi connectivity index (χ0n) is 17.7. The van der Waals surface area contributed by atoms with Gasteiger partial charge in [-0.25, -0.2) is 0 Å². The molecule has 1 aromatic carbocycles. The van der Waals surface area contributed by atoms with E-state index in [-0.39, 0.29) is 42.3 Å². The minimum atomic E-state index is -0.230. The largest absolute Gasteiger partial charge is 0.394 e. The predicted molar refractivity (Wildman–Crippen MR) is 114 cm³/mol. The molecule has 2 amide bonds. The summed E-state index contributed by atoms with van der Waals surface area (Å²) in [7, 11) is 3.71. The zero-order chi connectivity index (χ0) is 21.0. The Labute approximate surface area is 173 Å². The van der Waals surface area contributed by atoms with Crippen molar-refractivity contribution < 1.29 is 14.7 Å². The highest BCUT2D eigenvalue weighted by molar-refractivity contribution is 5.82. The molecule has 0 bridgehead atoms. The van der Waals surface area contributed by atoms with E-state index < -0.39 is 0 Å². The van der Waals surface area contributed by atoms with E-state index in [4.69, 9.17) is 0 Å². The summed E-state index contributed by atoms with van der Waals surface area (Å²) in [5.41, 5.74) is 2.22. The van der Waals surface area contributed by atoms with Gasteiger partial charge in [-0.15, -0.1) is 0 Å². The summed E-state index contributed by atoms with van der Waals surface area (Å²) in [4.78, 5) is 28.8. The first-order valence-electron chi connectivity index (χ1n) is 10.5. The quantitative estimate of drug-likeness (QED) is 0.700. The SMILES string of the molecule is C/C=C/c1ccc([C@H]2[C@@H](CO)N(C(=O)C3CCC3)[C@H]2CNC(=O)CN(C)C)cc1. The molecule has 2 fully saturated rings. The monoisotopic (exact) mass is 399 g/mol. The second kappa shape index (κ2) is 9.55. The predicted octanol–water partition coefficient (Wildman–Crippen LogP) is 1.85. The molecule has 1 heterocycles. The van der Waals surface area contributed by atoms with Crippen LogP contribution in [0.15, 0.2) is 30.3 Å². The van der Waals surface area contributed by atoms with Crippen LogP contribution < -0.4 is 5.32 Å². The van der Waals surface area contributed by atoms with Gasteiger partial charge in [0.2, 0.25) is 11.8 Å². The van der Waals surface area contributed by atoms with Crippen LogP contribution in [0.4, 0.5) is 0 Å². The van der Waals surface area contributed by atoms with E-state index in [1.54, 1.807) is 0 Å². The number of hydrogen-bond acceptors (Lipinski definition) is 4. The van der Waals surface area contributed by atoms with Crippen LogP contribution in [0.3, 0.4) is 0 Å². The summed E-state index contributed by atoms with van der Waals surface area (Å²) < 4.78 is 0. The Morgan fingerprint density at radius 1 is 1.21 bits per heavy atom. The van der Waals surface area contributed by atoms with Crippen LogP contribution in [-0.4, -0.2) is 72.6 Å². The maximum absolute atomic E-state index is 13.0. The van der Waals surface area contributed by atoms with Gasteiger partial charge in [-0.05, 0) is 45.0 Å². The molecule has 1 saturated heterocycles. The Bertz CT molecular complexity index is 740. The first-order chi connectivity index (χ1) is 14.0. The van der Waals surface area contributed by atoms with E-state index >= 15 is 0 Å². The van der Waals surface area contributed by atoms with Crippen molar-refractivity contribution in [3.63, 3.8) is 0 Å². The fourth-order valence-electron chi connectivity index (χ4n) is 4.39. The molecule has 2 N–H and O–H groups in total. The zero-order valence-corrected chi connectivity index (χ0v) is 17.7. The van der Waals surface area contributed by atoms with Crippen LogP contribution in [-0.2, 0) is 9.59 Å². The second-order valence-corrected chi connectivity index (χ2v) is 8.42. The summed E-state index contributed by atoms with van der Waals surface area (Å²) in [5, 5.41) is 13.0. The topological polar surface area (TPSA) is 72.9 Å². The molecule has 158 valence electrons. The molecular formula is C23H33N3O3. The molecule has 29 heavy (non-hydrogen) atoms. The molecular weight excluding hydrogens is 366 g/mol. The van der Waals surface area contributed by atoms with Crippen LogP contribution >= 0.6 is 0 Å². The molecule has 0 aromatic heterocycles. The second-order valence-electron chi connectivity index (χ2n) is 8.42. The van der Waals surface area contributed by atoms with Gasteiger partial charge < -0.3 is 20.2 Å². The number of aliphatic hydroxyl groups is 1. The van der Waals surface area contributed by atoms with Crippen LogP contribution in [0.25, 0.3) is 6.08 Å². The van der Waals surface area contributed by atoms with Crippen molar-refractivity contribution in [3.8, 4) is 0 Å². The first kappa shape index (κ1) is 21.5. The molecule has 1 saturated carbocycles. The number of carbonyl (C=O) groups excluding carboxylic acids is 2. The summed E-state index contributed by atoms with van der Waals surface area (Å²) in [5.74, 6) is 0.162. The number of hydrogen-bond donors (Lipinski definition) is 2. The fraction of sp³-hybridized carbons (Fsp3) is 0.565. The van der Waals surface area contributed by atoms with Crippen molar-refractivity contribution in [3.05, 3.63) is 41.5 Å². The first-order valence-corrected chi connectivity index (χ1v) is 10.5. The average Bonchev–Trinajstić information content (AvgIpc) is 2.60. The third-order valence-electron chi connectivity index (χ3n) is 6.09. The van der Waals surface area contributed by atoms with E-state index in [1.165, 1.54) is 0 Å². The highest BCUT2D eigenvalue weighted by Gasteiger charge is 2.52. The van der Waals surface area contributed by atoms with Gasteiger partial charge in [0.05, 0.1) is 25.2 Å². The number of amides is 2. The van der Waals surface area contributed by atoms with E-state index in [9.17, 15) is 14.7 Å². The van der Waals surface area contributed by atoms with Gasteiger partial charge >= 0.3 is 0 Å². The van der Waals surface area contributed by atoms with E-state index in [0.29, 0.717) is 13.1 Å². The number of allylic oxidation sites excluding steroid dienone is 1. The summed E-state index contributed by atoms with van der Waals surface area (Å²) in [6.45, 7) is 2.64. The normalized spacial score (nSPS) is 24.4. The number of rotatable bonds is 8. The minimum absolute atomic E-state index is 0.0170. The Hall–Kier alpha value is -2.18. The number of benzene rings is 1. The summed E-state index contributed by atoms with van der Waals surface area (Å²) in [6.07, 6.45) is 6.98. The van der Waals surface area contributed by atoms with E-state index in [0.717, 1.165) is 30.4 Å². The Morgan fingerprint density at radius 2 is 1.90 bits per heavy atom. The number of aliphatic hydroxyl groups excluding tert-OH is 1. The van der Waals surface area contributed by atoms with Crippen LogP contribution in [0.2, 0.25) is 0 Å². The highest BCUT2D eigenvalue weighted by Crippen LogP contribution is 2.43. The lowest BCUT2D eigenvalue weighted by molar-refractivity contribution is -0.158. The molecule has 6 nitrogen and oxygen atoms in total. The summed E-state index contributed by atoms with van der Waals surface area (Å²) in [6, 6.07) is 7.90. The fourth-order valence-corrected chi connectivity index (χ4v) is 4.39. The molecule has 2 aliphatic rings. The van der Waals surface area contributed by atoms with Gasteiger partial charge in [0, 0.05) is 18.4 Å². The maximum atomic E-state index is 13.0. The van der Waals surface area contributed by atoms with Crippen molar-refractivity contribution in [1.82, 2.24) is 15.1 Å². The van der Waals surface area contributed by atoms with Crippen molar-refractivity contribution in [1.29, 1.82) is 0 Å². The molecule has 0 radical (unpaired) electrons. The van der Waals surface area contributed by atoms with Crippen molar-refractivity contribution in [2.24, 2.45) is 5.92 Å². The maximum Gasteiger partial charge on any atom is 0.234 e. The van der Waals surface area contributed by atoms with Gasteiger partial charge in [-0.2, -0.15) is 0 Å². The molecule has 1 aliphatic carbocycles. The lowest BCUT2D eigenvalue weighted by Crippen LogP contribution is -2.69. The van der Waals surface area contributed by atoms with Crippen molar-refractivity contribution >= 4 is 17.9 Å². The number of likely N-dealkylation sites (N-methyl/N-ethyl adjacent to an activating group) is 1. The summed E-state index contributed by atoms with van der Waals surface area (Å²) >= 11 is 0. The van der Waals surface area contributed by atoms with Gasteiger partial charge in [-0.1, -0.05) is 42.8 Å². The van der Waals surface area contributed by atoms with Crippen LogP contribution in [0.1, 0.15) is 43.2 Å². The van der Waals surface area contributed by atoms with Crippen molar-refractivity contribution in [2.45, 2.75) is 44.2 Å². The van der Waals surface area contributed by atoms with Gasteiger partial charge in [0.15, 0.2) is 0 Å². The number of likely N-dealkylation sites (tertiary alicyclic amines) is 1. The van der Waals surface area contributed by atoms with E-state index in [1.807, 2.05) is 43.0 Å². The van der Waals surface area contributed by atoms with Gasteiger partial charge in [0.1, 0.15) is 0 Å². The number of nitrogens with zero attached hydrogens (tertiary/aromatic N) is 2. The Kier molecular flexibility index (Phi) is 7.09. The molecule has 1 aromatic rings. The third kappa shape index (κ3) is 4.70. The minimum Gasteiger partial charge on any atom is -0.394 e. The Morgan fingerprint density at radius 3 is 2.41 bits per heavy atom. The standard InChI is InChI=1S/C23H33N3O3/c1-4-6-16-9-11-17(12-10-16)22-19(13-24-21(28)14-25(2)3)26(20(22)15-27)23(29)18-7-5-8-18/h4,6,9-12,18-20,22,27H,5,7-8,13-15H2,1-3H3,(H,24,28)/b6-4+/t19-,20+,22+/m0/s1. The molecule has 3 atom stereocenters. The molecule has 6 heteroatoms. The Balaban J connectivity index is 1.79. The number of nitrogens with one attached hydrogen (secondary N) is 1. The highest BCUT2D eigenvalue weighted by atomic mass is 16.3. The van der Waals surface area contributed by atoms with Gasteiger partial charge in [0.25, 0.3) is 0 Å². The lowest BCUT2D eigenvalue weighted by atomic mass is 9.72. The van der Waals surface area contributed by atoms with E-state index in [2.05, 4.69) is 29.6 Å². The molecule has 0 unspecified atom stereocenters. The van der Waals surface area contributed by atoms with Crippen molar-refractivity contribution in [2.75, 3.05) is 33.8 Å². The average molecular weight is 400 g/mol.